The molecule has 10 aromatic rings. The summed E-state index contributed by atoms with van der Waals surface area (Å²) in [5.74, 6) is 6.34. The maximum atomic E-state index is 6.87. The molecule has 0 aliphatic heterocycles. The van der Waals surface area contributed by atoms with E-state index in [0.29, 0.717) is 0 Å². The number of imidazole rings is 1. The number of aromatic nitrogens is 3. The number of hydrogen-bond donors (Lipinski definition) is 0. The second-order valence-electron chi connectivity index (χ2n) is 16.8. The normalized spacial score (nSPS) is 11.5. The first-order valence-corrected chi connectivity index (χ1v) is 27.5. The molecule has 4 nitrogen and oxygen atoms in total. The van der Waals surface area contributed by atoms with E-state index in [-0.39, 0.29) is 31.9 Å². The Balaban J connectivity index is 0.000000350. The SMILES string of the molecule is CC(C)c1cc(-c2ccccc2)cc(C(C)C)c1-n1c(-c2[c-]ccc3c2oc2c[c]([Ge]([CH3])([CH3])[c]4ccccc4)ccc23)nc2ccccc21.[Ir].[c-]1ccccc1-c1ccccn1. The van der Waals surface area contributed by atoms with Gasteiger partial charge in [0.05, 0.1) is 0 Å². The molecule has 0 atom stereocenters. The van der Waals surface area contributed by atoms with Gasteiger partial charge in [-0.2, -0.15) is 0 Å². The van der Waals surface area contributed by atoms with E-state index in [1.165, 1.54) is 36.7 Å². The summed E-state index contributed by atoms with van der Waals surface area (Å²) < 4.78 is 12.1. The third-order valence-electron chi connectivity index (χ3n) is 11.8. The molecule has 0 amide bonds. The topological polar surface area (TPSA) is 43.9 Å². The Labute approximate surface area is 381 Å². The van der Waals surface area contributed by atoms with Gasteiger partial charge in [-0.3, -0.25) is 0 Å². The molecule has 3 heterocycles. The van der Waals surface area contributed by atoms with E-state index in [9.17, 15) is 0 Å². The minimum absolute atomic E-state index is 0. The van der Waals surface area contributed by atoms with Crippen LogP contribution in [0.15, 0.2) is 180 Å². The third kappa shape index (κ3) is 8.25. The van der Waals surface area contributed by atoms with Gasteiger partial charge in [0.2, 0.25) is 0 Å². The predicted molar refractivity (Wildman–Crippen MR) is 258 cm³/mol. The van der Waals surface area contributed by atoms with Crippen molar-refractivity contribution in [3.05, 3.63) is 199 Å². The van der Waals surface area contributed by atoms with Crippen LogP contribution in [0.5, 0.6) is 0 Å². The molecule has 0 bridgehead atoms. The van der Waals surface area contributed by atoms with Gasteiger partial charge in [0, 0.05) is 26.3 Å². The molecule has 7 aromatic carbocycles. The second kappa shape index (κ2) is 18.2. The average molecular weight is 1040 g/mol. The van der Waals surface area contributed by atoms with Gasteiger partial charge in [-0.15, -0.1) is 35.9 Å². The van der Waals surface area contributed by atoms with Gasteiger partial charge in [-0.05, 0) is 17.3 Å². The van der Waals surface area contributed by atoms with Crippen LogP contribution in [0, 0.1) is 12.1 Å². The number of rotatable bonds is 8. The van der Waals surface area contributed by atoms with Crippen molar-refractivity contribution in [3.8, 4) is 39.5 Å². The van der Waals surface area contributed by atoms with Gasteiger partial charge in [0.25, 0.3) is 0 Å². The zero-order chi connectivity index (χ0) is 42.1. The average Bonchev–Trinajstić information content (AvgIpc) is 3.88. The molecule has 10 rings (SSSR count). The minimum Gasteiger partial charge on any atom is -0.305 e. The third-order valence-corrected chi connectivity index (χ3v) is 19.2. The summed E-state index contributed by atoms with van der Waals surface area (Å²) in [5.41, 5.74) is 12.9. The Morgan fingerprint density at radius 3 is 1.95 bits per heavy atom. The Hall–Kier alpha value is -5.85. The van der Waals surface area contributed by atoms with Gasteiger partial charge in [-0.25, -0.2) is 0 Å². The number of nitrogens with zero attached hydrogens (tertiary/aromatic N) is 3. The predicted octanol–water partition coefficient (Wildman–Crippen LogP) is 13.7. The summed E-state index contributed by atoms with van der Waals surface area (Å²) in [7, 11) is 0. The van der Waals surface area contributed by atoms with Crippen LogP contribution < -0.4 is 8.79 Å². The molecule has 0 saturated heterocycles. The number of hydrogen-bond acceptors (Lipinski definition) is 3. The summed E-state index contributed by atoms with van der Waals surface area (Å²) in [4.78, 5) is 9.56. The van der Waals surface area contributed by atoms with E-state index >= 15 is 0 Å². The Morgan fingerprint density at radius 1 is 0.597 bits per heavy atom. The molecule has 309 valence electrons. The van der Waals surface area contributed by atoms with E-state index in [1.807, 2.05) is 48.5 Å². The van der Waals surface area contributed by atoms with E-state index in [2.05, 4.69) is 182 Å². The number of furan rings is 1. The zero-order valence-electron chi connectivity index (χ0n) is 36.0. The molecule has 0 aliphatic rings. The first-order valence-electron chi connectivity index (χ1n) is 21.2. The number of pyridine rings is 1. The molecule has 0 fully saturated rings. The molecule has 0 spiro atoms. The molecule has 0 saturated carbocycles. The standard InChI is InChI=1S/C45H41GeN2O.C11H8N.Ir/c1-29(2)38-26-32(31-16-9-7-10-17-31)27-39(30(3)4)43(38)48-41-23-14-13-22-40(41)47-45(48)37-21-15-20-36-35-25-24-34(28-42(35)49-44(36)37)46(5,6)33-18-11-8-12-19-33;1-2-6-10(7-3-1)11-8-4-5-9-12-11;/h7-20,22-30H,1-6H3;1-6,8-9H;/q2*-1;. The quantitative estimate of drug-likeness (QED) is 0.113. The molecule has 0 N–H and O–H groups in total. The summed E-state index contributed by atoms with van der Waals surface area (Å²) in [5, 5.41) is 2.22. The Bertz CT molecular complexity index is 3040. The van der Waals surface area contributed by atoms with Gasteiger partial charge < -0.3 is 4.98 Å². The first kappa shape index (κ1) is 42.8. The van der Waals surface area contributed by atoms with E-state index in [1.54, 1.807) is 6.20 Å². The number of para-hydroxylation sites is 2. The first-order chi connectivity index (χ1) is 29.7. The molecule has 3 aromatic heterocycles. The van der Waals surface area contributed by atoms with Crippen molar-refractivity contribution in [3.63, 3.8) is 0 Å². The van der Waals surface area contributed by atoms with Crippen molar-refractivity contribution < 1.29 is 24.5 Å². The molecule has 0 unspecified atom stereocenters. The summed E-state index contributed by atoms with van der Waals surface area (Å²) in [6.45, 7) is 9.17. The fourth-order valence-corrected chi connectivity index (χ4v) is 13.4. The van der Waals surface area contributed by atoms with Crippen molar-refractivity contribution in [1.82, 2.24) is 14.5 Å². The molecule has 0 aliphatic carbocycles. The fourth-order valence-electron chi connectivity index (χ4n) is 8.43. The van der Waals surface area contributed by atoms with Crippen LogP contribution in [-0.2, 0) is 20.1 Å². The second-order valence-corrected chi connectivity index (χ2v) is 26.1. The van der Waals surface area contributed by atoms with E-state index in [4.69, 9.17) is 9.40 Å². The maximum absolute atomic E-state index is 6.87. The van der Waals surface area contributed by atoms with Crippen molar-refractivity contribution in [2.45, 2.75) is 51.0 Å². The fraction of sp³-hybridized carbons (Fsp3) is 0.143. The van der Waals surface area contributed by atoms with E-state index < -0.39 is 13.3 Å². The minimum atomic E-state index is -2.53. The van der Waals surface area contributed by atoms with E-state index in [0.717, 1.165) is 55.6 Å². The number of fused-ring (bicyclic) bond motifs is 4. The largest absolute Gasteiger partial charge is 0.305 e. The molecular weight excluding hydrogens is 995 g/mol. The Morgan fingerprint density at radius 2 is 1.27 bits per heavy atom. The van der Waals surface area contributed by atoms with Crippen LogP contribution in [0.4, 0.5) is 0 Å². The van der Waals surface area contributed by atoms with Crippen LogP contribution in [0.25, 0.3) is 72.4 Å². The zero-order valence-corrected chi connectivity index (χ0v) is 40.5. The van der Waals surface area contributed by atoms with Crippen LogP contribution in [-0.4, -0.2) is 27.8 Å². The van der Waals surface area contributed by atoms with Crippen molar-refractivity contribution in [2.24, 2.45) is 0 Å². The van der Waals surface area contributed by atoms with Gasteiger partial charge in [-0.1, -0.05) is 42.5 Å². The monoisotopic (exact) mass is 1050 g/mol. The van der Waals surface area contributed by atoms with Gasteiger partial charge in [0.15, 0.2) is 0 Å². The van der Waals surface area contributed by atoms with Gasteiger partial charge in [0.1, 0.15) is 0 Å². The van der Waals surface area contributed by atoms with Crippen LogP contribution in [0.2, 0.25) is 11.5 Å². The molecule has 6 heteroatoms. The molecular formula is C56H49GeIrN3O-2. The van der Waals surface area contributed by atoms with Crippen LogP contribution >= 0.6 is 0 Å². The summed E-state index contributed by atoms with van der Waals surface area (Å²) >= 11 is -2.53. The summed E-state index contributed by atoms with van der Waals surface area (Å²) in [6.07, 6.45) is 1.79. The van der Waals surface area contributed by atoms with Crippen molar-refractivity contribution >= 4 is 55.0 Å². The maximum Gasteiger partial charge on any atom is 0.0160 e. The molecule has 1 radical (unpaired) electrons. The smallest absolute Gasteiger partial charge is 0.0160 e. The molecule has 62 heavy (non-hydrogen) atoms. The number of benzene rings is 7. The van der Waals surface area contributed by atoms with Crippen molar-refractivity contribution in [2.75, 3.05) is 0 Å². The van der Waals surface area contributed by atoms with Crippen LogP contribution in [0.3, 0.4) is 0 Å². The van der Waals surface area contributed by atoms with Crippen molar-refractivity contribution in [1.29, 1.82) is 0 Å². The Kier molecular flexibility index (Phi) is 12.6. The van der Waals surface area contributed by atoms with Gasteiger partial charge >= 0.3 is 257 Å². The summed E-state index contributed by atoms with van der Waals surface area (Å²) in [6, 6.07) is 66.4. The van der Waals surface area contributed by atoms with Crippen LogP contribution in [0.1, 0.15) is 50.7 Å².